The van der Waals surface area contributed by atoms with Crippen molar-refractivity contribution >= 4 is 40.2 Å². The minimum Gasteiger partial charge on any atom is -0.451 e. The van der Waals surface area contributed by atoms with Gasteiger partial charge in [0.2, 0.25) is 0 Å². The molecule has 0 fully saturated rings. The summed E-state index contributed by atoms with van der Waals surface area (Å²) in [5.74, 6) is -1.10. The zero-order valence-corrected chi connectivity index (χ0v) is 12.4. The van der Waals surface area contributed by atoms with Crippen LogP contribution in [0.3, 0.4) is 0 Å². The van der Waals surface area contributed by atoms with Gasteiger partial charge in [-0.1, -0.05) is 12.1 Å². The highest BCUT2D eigenvalue weighted by Crippen LogP contribution is 2.16. The number of hydrogen-bond donors (Lipinski definition) is 1. The summed E-state index contributed by atoms with van der Waals surface area (Å²) in [5.41, 5.74) is 0.739. The molecule has 0 aliphatic carbocycles. The van der Waals surface area contributed by atoms with Gasteiger partial charge in [0, 0.05) is 16.0 Å². The van der Waals surface area contributed by atoms with Crippen LogP contribution in [0, 0.1) is 3.57 Å². The number of ether oxygens (including phenoxy) is 1. The van der Waals surface area contributed by atoms with E-state index in [9.17, 15) is 9.59 Å². The Morgan fingerprint density at radius 1 is 1.25 bits per heavy atom. The molecule has 0 saturated heterocycles. The Morgan fingerprint density at radius 3 is 2.75 bits per heavy atom. The molecule has 1 aromatic heterocycles. The monoisotopic (exact) mass is 383 g/mol. The number of anilines is 1. The van der Waals surface area contributed by atoms with E-state index in [0.29, 0.717) is 5.69 Å². The summed E-state index contributed by atoms with van der Waals surface area (Å²) in [6, 6.07) is 7.31. The number of halogens is 1. The van der Waals surface area contributed by atoms with Gasteiger partial charge in [-0.05, 0) is 34.7 Å². The van der Waals surface area contributed by atoms with Crippen LogP contribution in [0.2, 0.25) is 0 Å². The second-order valence-corrected chi connectivity index (χ2v) is 4.86. The molecule has 6 nitrogen and oxygen atoms in total. The number of nitrogens with one attached hydrogen (secondary N) is 1. The fraction of sp³-hybridized carbons (Fsp3) is 0.0769. The quantitative estimate of drug-likeness (QED) is 0.644. The fourth-order valence-corrected chi connectivity index (χ4v) is 1.88. The van der Waals surface area contributed by atoms with Gasteiger partial charge in [0.25, 0.3) is 5.91 Å². The van der Waals surface area contributed by atoms with E-state index >= 15 is 0 Å². The Kier molecular flexibility index (Phi) is 4.99. The molecular weight excluding hydrogens is 373 g/mol. The number of nitrogens with zero attached hydrogens (tertiary/aromatic N) is 2. The third kappa shape index (κ3) is 3.98. The lowest BCUT2D eigenvalue weighted by Gasteiger charge is -2.07. The van der Waals surface area contributed by atoms with Crippen molar-refractivity contribution < 1.29 is 14.3 Å². The van der Waals surface area contributed by atoms with E-state index in [1.54, 1.807) is 6.07 Å². The highest BCUT2D eigenvalue weighted by atomic mass is 127. The first-order valence-corrected chi connectivity index (χ1v) is 6.72. The van der Waals surface area contributed by atoms with Gasteiger partial charge in [0.1, 0.15) is 0 Å². The van der Waals surface area contributed by atoms with Gasteiger partial charge in [-0.25, -0.2) is 9.78 Å². The molecule has 0 saturated carbocycles. The molecule has 102 valence electrons. The summed E-state index contributed by atoms with van der Waals surface area (Å²) in [6.07, 6.45) is 4.10. The minimum absolute atomic E-state index is 0.0644. The topological polar surface area (TPSA) is 81.2 Å². The molecule has 2 aromatic rings. The van der Waals surface area contributed by atoms with Crippen molar-refractivity contribution in [2.45, 2.75) is 0 Å². The first kappa shape index (κ1) is 14.4. The van der Waals surface area contributed by atoms with E-state index in [4.69, 9.17) is 4.74 Å². The Bertz CT molecular complexity index is 619. The maximum atomic E-state index is 11.7. The molecule has 0 unspecified atom stereocenters. The van der Waals surface area contributed by atoms with Crippen LogP contribution in [0.15, 0.2) is 42.9 Å². The van der Waals surface area contributed by atoms with Crippen LogP contribution in [0.5, 0.6) is 0 Å². The molecule has 1 heterocycles. The van der Waals surface area contributed by atoms with Crippen molar-refractivity contribution in [2.24, 2.45) is 0 Å². The van der Waals surface area contributed by atoms with Crippen molar-refractivity contribution in [3.63, 3.8) is 0 Å². The second kappa shape index (κ2) is 6.94. The summed E-state index contributed by atoms with van der Waals surface area (Å²) in [7, 11) is 0. The van der Waals surface area contributed by atoms with Gasteiger partial charge in [-0.2, -0.15) is 0 Å². The van der Waals surface area contributed by atoms with Gasteiger partial charge >= 0.3 is 5.97 Å². The Morgan fingerprint density at radius 2 is 2.05 bits per heavy atom. The van der Waals surface area contributed by atoms with Crippen LogP contribution in [0.1, 0.15) is 10.5 Å². The number of para-hydroxylation sites is 1. The van der Waals surface area contributed by atoms with Crippen molar-refractivity contribution in [3.8, 4) is 0 Å². The molecule has 0 spiro atoms. The van der Waals surface area contributed by atoms with Crippen LogP contribution in [0.25, 0.3) is 0 Å². The molecular formula is C13H10IN3O3. The molecule has 0 aliphatic rings. The van der Waals surface area contributed by atoms with E-state index < -0.39 is 11.9 Å². The maximum Gasteiger partial charge on any atom is 0.359 e. The largest absolute Gasteiger partial charge is 0.451 e. The average Bonchev–Trinajstić information content (AvgIpc) is 2.48. The smallest absolute Gasteiger partial charge is 0.359 e. The van der Waals surface area contributed by atoms with E-state index in [1.165, 1.54) is 18.6 Å². The van der Waals surface area contributed by atoms with Crippen molar-refractivity contribution in [1.82, 2.24) is 9.97 Å². The second-order valence-electron chi connectivity index (χ2n) is 3.69. The molecule has 1 amide bonds. The molecule has 0 atom stereocenters. The Balaban J connectivity index is 1.87. The zero-order chi connectivity index (χ0) is 14.4. The third-order valence-electron chi connectivity index (χ3n) is 2.25. The number of rotatable bonds is 4. The molecule has 20 heavy (non-hydrogen) atoms. The van der Waals surface area contributed by atoms with Gasteiger partial charge in [-0.3, -0.25) is 9.78 Å². The lowest BCUT2D eigenvalue weighted by molar-refractivity contribution is -0.119. The first-order valence-electron chi connectivity index (χ1n) is 5.64. The summed E-state index contributed by atoms with van der Waals surface area (Å²) in [5, 5.41) is 2.66. The number of aromatic nitrogens is 2. The van der Waals surface area contributed by atoms with E-state index in [-0.39, 0.29) is 12.3 Å². The zero-order valence-electron chi connectivity index (χ0n) is 10.2. The van der Waals surface area contributed by atoms with Crippen molar-refractivity contribution in [2.75, 3.05) is 11.9 Å². The highest BCUT2D eigenvalue weighted by Gasteiger charge is 2.12. The number of amides is 1. The Labute approximate surface area is 128 Å². The van der Waals surface area contributed by atoms with Gasteiger partial charge in [0.15, 0.2) is 12.3 Å². The Hall–Kier alpha value is -2.03. The van der Waals surface area contributed by atoms with Crippen LogP contribution >= 0.6 is 22.6 Å². The first-order chi connectivity index (χ1) is 9.66. The standard InChI is InChI=1S/C13H10IN3O3/c14-9-3-1-2-4-10(9)17-12(18)8-20-13(19)11-7-15-5-6-16-11/h1-7H,8H2,(H,17,18). The lowest BCUT2D eigenvalue weighted by atomic mass is 10.3. The van der Waals surface area contributed by atoms with Crippen molar-refractivity contribution in [1.29, 1.82) is 0 Å². The van der Waals surface area contributed by atoms with Gasteiger partial charge in [-0.15, -0.1) is 0 Å². The lowest BCUT2D eigenvalue weighted by Crippen LogP contribution is -2.21. The maximum absolute atomic E-state index is 11.7. The van der Waals surface area contributed by atoms with Crippen LogP contribution in [-0.2, 0) is 9.53 Å². The van der Waals surface area contributed by atoms with E-state index in [2.05, 4.69) is 37.9 Å². The summed E-state index contributed by atoms with van der Waals surface area (Å²) < 4.78 is 5.75. The fourth-order valence-electron chi connectivity index (χ4n) is 1.36. The molecule has 0 radical (unpaired) electrons. The van der Waals surface area contributed by atoms with E-state index in [1.807, 2.05) is 18.2 Å². The summed E-state index contributed by atoms with van der Waals surface area (Å²) >= 11 is 2.10. The van der Waals surface area contributed by atoms with Crippen LogP contribution in [-0.4, -0.2) is 28.5 Å². The molecule has 0 aliphatic heterocycles. The van der Waals surface area contributed by atoms with Gasteiger partial charge < -0.3 is 10.1 Å². The molecule has 0 bridgehead atoms. The summed E-state index contributed by atoms with van der Waals surface area (Å²) in [4.78, 5) is 30.8. The molecule has 1 aromatic carbocycles. The average molecular weight is 383 g/mol. The third-order valence-corrected chi connectivity index (χ3v) is 3.20. The number of hydrogen-bond acceptors (Lipinski definition) is 5. The molecule has 2 rings (SSSR count). The van der Waals surface area contributed by atoms with Crippen LogP contribution < -0.4 is 5.32 Å². The minimum atomic E-state index is -0.684. The number of esters is 1. The van der Waals surface area contributed by atoms with E-state index in [0.717, 1.165) is 3.57 Å². The predicted octanol–water partition coefficient (Wildman–Crippen LogP) is 1.88. The number of carbonyl (C=O) groups excluding carboxylic acids is 2. The van der Waals surface area contributed by atoms with Gasteiger partial charge in [0.05, 0.1) is 11.9 Å². The van der Waals surface area contributed by atoms with Crippen LogP contribution in [0.4, 0.5) is 5.69 Å². The predicted molar refractivity (Wildman–Crippen MR) is 80.1 cm³/mol. The highest BCUT2D eigenvalue weighted by molar-refractivity contribution is 14.1. The SMILES string of the molecule is O=C(COC(=O)c1cnccn1)Nc1ccccc1I. The molecule has 1 N–H and O–H groups in total. The normalized spacial score (nSPS) is 9.85. The molecule has 7 heteroatoms. The number of benzene rings is 1. The van der Waals surface area contributed by atoms with Crippen molar-refractivity contribution in [3.05, 3.63) is 52.1 Å². The number of carbonyl (C=O) groups is 2. The summed E-state index contributed by atoms with van der Waals surface area (Å²) in [6.45, 7) is -0.375.